The van der Waals surface area contributed by atoms with E-state index in [1.807, 2.05) is 0 Å². The molecule has 0 aromatic rings. The number of hydrogen-bond acceptors (Lipinski definition) is 3. The normalized spacial score (nSPS) is 46.0. The standard InChI is InChI=1S/C15H27N3/c1-2-8-17-9-6-15(14(17)5-1)18-10-12-4-3-7-16-13(12)11-18/h12-16H,1-11H2. The van der Waals surface area contributed by atoms with Crippen LogP contribution in [0.25, 0.3) is 0 Å². The molecule has 4 aliphatic heterocycles. The third-order valence-corrected chi connectivity index (χ3v) is 5.92. The van der Waals surface area contributed by atoms with E-state index in [2.05, 4.69) is 15.1 Å². The van der Waals surface area contributed by atoms with Crippen molar-refractivity contribution in [2.45, 2.75) is 56.7 Å². The number of rotatable bonds is 1. The van der Waals surface area contributed by atoms with Gasteiger partial charge in [-0.25, -0.2) is 0 Å². The van der Waals surface area contributed by atoms with Crippen LogP contribution in [-0.4, -0.2) is 60.6 Å². The van der Waals surface area contributed by atoms with E-state index in [9.17, 15) is 0 Å². The summed E-state index contributed by atoms with van der Waals surface area (Å²) in [7, 11) is 0. The van der Waals surface area contributed by atoms with E-state index in [0.717, 1.165) is 24.0 Å². The summed E-state index contributed by atoms with van der Waals surface area (Å²) in [6.07, 6.45) is 8.67. The SMILES string of the molecule is C1CNC2CN(C3CCN4CCCCC34)CC2C1. The molecule has 4 aliphatic rings. The van der Waals surface area contributed by atoms with Crippen molar-refractivity contribution in [3.05, 3.63) is 0 Å². The first-order chi connectivity index (χ1) is 8.92. The van der Waals surface area contributed by atoms with E-state index in [1.165, 1.54) is 71.2 Å². The molecule has 0 saturated carbocycles. The van der Waals surface area contributed by atoms with Crippen molar-refractivity contribution in [3.8, 4) is 0 Å². The molecule has 0 aromatic carbocycles. The second kappa shape index (κ2) is 4.77. The highest BCUT2D eigenvalue weighted by molar-refractivity contribution is 5.01. The number of fused-ring (bicyclic) bond motifs is 2. The summed E-state index contributed by atoms with van der Waals surface area (Å²) in [6.45, 7) is 6.72. The molecule has 4 saturated heterocycles. The maximum atomic E-state index is 3.75. The van der Waals surface area contributed by atoms with Crippen LogP contribution in [0.5, 0.6) is 0 Å². The Morgan fingerprint density at radius 2 is 1.72 bits per heavy atom. The molecule has 0 aromatic heterocycles. The van der Waals surface area contributed by atoms with Crippen molar-refractivity contribution in [2.75, 3.05) is 32.7 Å². The molecule has 18 heavy (non-hydrogen) atoms. The number of hydrogen-bond donors (Lipinski definition) is 1. The fraction of sp³-hybridized carbons (Fsp3) is 1.00. The van der Waals surface area contributed by atoms with Crippen LogP contribution in [0.15, 0.2) is 0 Å². The highest BCUT2D eigenvalue weighted by Gasteiger charge is 2.43. The van der Waals surface area contributed by atoms with E-state index >= 15 is 0 Å². The van der Waals surface area contributed by atoms with Gasteiger partial charge in [0.1, 0.15) is 0 Å². The Labute approximate surface area is 111 Å². The van der Waals surface area contributed by atoms with Crippen LogP contribution in [-0.2, 0) is 0 Å². The highest BCUT2D eigenvalue weighted by atomic mass is 15.3. The van der Waals surface area contributed by atoms with Gasteiger partial charge in [-0.3, -0.25) is 9.80 Å². The summed E-state index contributed by atoms with van der Waals surface area (Å²) in [6, 6.07) is 2.60. The lowest BCUT2D eigenvalue weighted by molar-refractivity contribution is 0.127. The second-order valence-corrected chi connectivity index (χ2v) is 6.87. The molecule has 4 fully saturated rings. The van der Waals surface area contributed by atoms with Crippen molar-refractivity contribution in [1.82, 2.24) is 15.1 Å². The van der Waals surface area contributed by atoms with Gasteiger partial charge in [0.05, 0.1) is 0 Å². The molecular weight excluding hydrogens is 222 g/mol. The van der Waals surface area contributed by atoms with Crippen LogP contribution < -0.4 is 5.32 Å². The minimum absolute atomic E-state index is 0.816. The maximum Gasteiger partial charge on any atom is 0.0264 e. The topological polar surface area (TPSA) is 18.5 Å². The predicted molar refractivity (Wildman–Crippen MR) is 73.7 cm³/mol. The number of nitrogens with one attached hydrogen (secondary N) is 1. The van der Waals surface area contributed by atoms with E-state index in [4.69, 9.17) is 0 Å². The van der Waals surface area contributed by atoms with Gasteiger partial charge < -0.3 is 5.32 Å². The molecule has 4 atom stereocenters. The van der Waals surface area contributed by atoms with Crippen molar-refractivity contribution < 1.29 is 0 Å². The molecule has 3 nitrogen and oxygen atoms in total. The van der Waals surface area contributed by atoms with Crippen LogP contribution in [0.3, 0.4) is 0 Å². The molecular formula is C15H27N3. The predicted octanol–water partition coefficient (Wildman–Crippen LogP) is 1.30. The number of piperidine rings is 2. The Balaban J connectivity index is 1.44. The monoisotopic (exact) mass is 249 g/mol. The molecule has 0 spiro atoms. The fourth-order valence-corrected chi connectivity index (χ4v) is 5.00. The van der Waals surface area contributed by atoms with Gasteiger partial charge in [-0.15, -0.1) is 0 Å². The quantitative estimate of drug-likeness (QED) is 0.755. The van der Waals surface area contributed by atoms with Gasteiger partial charge in [-0.2, -0.15) is 0 Å². The van der Waals surface area contributed by atoms with E-state index in [1.54, 1.807) is 0 Å². The average Bonchev–Trinajstić information content (AvgIpc) is 3.02. The van der Waals surface area contributed by atoms with E-state index in [-0.39, 0.29) is 0 Å². The van der Waals surface area contributed by atoms with Crippen molar-refractivity contribution in [3.63, 3.8) is 0 Å². The first-order valence-corrected chi connectivity index (χ1v) is 8.13. The molecule has 0 radical (unpaired) electrons. The zero-order valence-corrected chi connectivity index (χ0v) is 11.5. The van der Waals surface area contributed by atoms with E-state index < -0.39 is 0 Å². The molecule has 0 amide bonds. The van der Waals surface area contributed by atoms with Gasteiger partial charge in [0.15, 0.2) is 0 Å². The van der Waals surface area contributed by atoms with Gasteiger partial charge in [-0.1, -0.05) is 6.42 Å². The number of nitrogens with zero attached hydrogens (tertiary/aromatic N) is 2. The van der Waals surface area contributed by atoms with Gasteiger partial charge in [-0.05, 0) is 51.1 Å². The smallest absolute Gasteiger partial charge is 0.0264 e. The van der Waals surface area contributed by atoms with Crippen LogP contribution >= 0.6 is 0 Å². The minimum Gasteiger partial charge on any atom is -0.312 e. The lowest BCUT2D eigenvalue weighted by Crippen LogP contribution is -2.47. The summed E-state index contributed by atoms with van der Waals surface area (Å²) >= 11 is 0. The molecule has 1 N–H and O–H groups in total. The van der Waals surface area contributed by atoms with Crippen molar-refractivity contribution >= 4 is 0 Å². The maximum absolute atomic E-state index is 3.75. The third-order valence-electron chi connectivity index (χ3n) is 5.92. The second-order valence-electron chi connectivity index (χ2n) is 6.87. The van der Waals surface area contributed by atoms with Gasteiger partial charge in [0.2, 0.25) is 0 Å². The van der Waals surface area contributed by atoms with Crippen LogP contribution in [0.2, 0.25) is 0 Å². The van der Waals surface area contributed by atoms with E-state index in [0.29, 0.717) is 0 Å². The largest absolute Gasteiger partial charge is 0.312 e. The van der Waals surface area contributed by atoms with Crippen LogP contribution in [0, 0.1) is 5.92 Å². The van der Waals surface area contributed by atoms with Crippen molar-refractivity contribution in [2.24, 2.45) is 5.92 Å². The summed E-state index contributed by atoms with van der Waals surface area (Å²) in [4.78, 5) is 5.63. The Bertz CT molecular complexity index is 292. The molecule has 4 unspecified atom stereocenters. The Morgan fingerprint density at radius 1 is 0.778 bits per heavy atom. The van der Waals surface area contributed by atoms with Gasteiger partial charge >= 0.3 is 0 Å². The molecule has 4 rings (SSSR count). The van der Waals surface area contributed by atoms with Gasteiger partial charge in [0, 0.05) is 37.8 Å². The molecule has 0 bridgehead atoms. The third kappa shape index (κ3) is 1.91. The molecule has 0 aliphatic carbocycles. The Kier molecular flexibility index (Phi) is 3.10. The first kappa shape index (κ1) is 11.7. The Hall–Kier alpha value is -0.120. The van der Waals surface area contributed by atoms with Crippen LogP contribution in [0.4, 0.5) is 0 Å². The first-order valence-electron chi connectivity index (χ1n) is 8.13. The zero-order valence-electron chi connectivity index (χ0n) is 11.5. The average molecular weight is 249 g/mol. The lowest BCUT2D eigenvalue weighted by atomic mass is 9.94. The summed E-state index contributed by atoms with van der Waals surface area (Å²) < 4.78 is 0. The van der Waals surface area contributed by atoms with Crippen LogP contribution in [0.1, 0.15) is 38.5 Å². The highest BCUT2D eigenvalue weighted by Crippen LogP contribution is 2.34. The molecule has 3 heteroatoms. The number of likely N-dealkylation sites (tertiary alicyclic amines) is 1. The zero-order chi connectivity index (χ0) is 11.9. The molecule has 4 heterocycles. The summed E-state index contributed by atoms with van der Waals surface area (Å²) in [5.41, 5.74) is 0. The molecule has 102 valence electrons. The van der Waals surface area contributed by atoms with Crippen molar-refractivity contribution in [1.29, 1.82) is 0 Å². The summed E-state index contributed by atoms with van der Waals surface area (Å²) in [5, 5.41) is 3.75. The Morgan fingerprint density at radius 3 is 2.67 bits per heavy atom. The minimum atomic E-state index is 0.816. The fourth-order valence-electron chi connectivity index (χ4n) is 5.00. The lowest BCUT2D eigenvalue weighted by Gasteiger charge is -2.36. The summed E-state index contributed by atoms with van der Waals surface area (Å²) in [5.74, 6) is 0.955. The van der Waals surface area contributed by atoms with Gasteiger partial charge in [0.25, 0.3) is 0 Å².